The molecule has 0 saturated carbocycles. The highest BCUT2D eigenvalue weighted by Crippen LogP contribution is 2.40. The zero-order valence-electron chi connectivity index (χ0n) is 10.2. The largest absolute Gasteiger partial charge is 0.296 e. The van der Waals surface area contributed by atoms with Gasteiger partial charge in [-0.25, -0.2) is 11.5 Å². The minimum Gasteiger partial charge on any atom is -0.296 e. The zero-order chi connectivity index (χ0) is 12.9. The van der Waals surface area contributed by atoms with E-state index in [0.29, 0.717) is 18.9 Å². The van der Waals surface area contributed by atoms with Crippen LogP contribution in [0.3, 0.4) is 0 Å². The van der Waals surface area contributed by atoms with E-state index in [0.717, 1.165) is 0 Å². The van der Waals surface area contributed by atoms with E-state index in [1.807, 2.05) is 18.7 Å². The Morgan fingerprint density at radius 1 is 1.61 bits per heavy atom. The van der Waals surface area contributed by atoms with Gasteiger partial charge in [0.25, 0.3) is 18.0 Å². The van der Waals surface area contributed by atoms with Crippen molar-refractivity contribution in [3.8, 4) is 0 Å². The molecule has 1 saturated heterocycles. The van der Waals surface area contributed by atoms with Crippen LogP contribution in [0, 0.1) is 6.57 Å². The van der Waals surface area contributed by atoms with Gasteiger partial charge in [0.05, 0.1) is 6.42 Å². The molecular formula is C10H13N7O. The van der Waals surface area contributed by atoms with Gasteiger partial charge in [0.2, 0.25) is 0 Å². The molecule has 0 aliphatic carbocycles. The quantitative estimate of drug-likeness (QED) is 0.688. The number of hydrogen-bond donors (Lipinski definition) is 1. The van der Waals surface area contributed by atoms with Crippen LogP contribution in [0.5, 0.6) is 0 Å². The van der Waals surface area contributed by atoms with Crippen LogP contribution in [-0.2, 0) is 10.3 Å². The maximum absolute atomic E-state index is 12.2. The predicted molar refractivity (Wildman–Crippen MR) is 61.3 cm³/mol. The summed E-state index contributed by atoms with van der Waals surface area (Å²) in [7, 11) is 0. The average molecular weight is 247 g/mol. The van der Waals surface area contributed by atoms with Gasteiger partial charge in [-0.2, -0.15) is 4.68 Å². The number of likely N-dealkylation sites (tertiary alicyclic amines) is 1. The highest BCUT2D eigenvalue weighted by atomic mass is 16.2. The lowest BCUT2D eigenvalue weighted by molar-refractivity contribution is -0.123. The van der Waals surface area contributed by atoms with Crippen molar-refractivity contribution in [1.29, 1.82) is 0 Å². The fraction of sp³-hybridized carbons (Fsp3) is 0.700. The molecule has 3 heterocycles. The molecular weight excluding hydrogens is 234 g/mol. The van der Waals surface area contributed by atoms with Crippen molar-refractivity contribution in [3.05, 3.63) is 11.4 Å². The van der Waals surface area contributed by atoms with Crippen molar-refractivity contribution in [2.75, 3.05) is 11.9 Å². The number of hydrogen-bond acceptors (Lipinski definition) is 5. The van der Waals surface area contributed by atoms with E-state index in [2.05, 4.69) is 25.7 Å². The van der Waals surface area contributed by atoms with Gasteiger partial charge < -0.3 is 0 Å². The number of carbonyl (C=O) groups is 1. The Bertz CT molecular complexity index is 545. The molecule has 0 aromatic carbocycles. The Kier molecular flexibility index (Phi) is 2.15. The van der Waals surface area contributed by atoms with E-state index in [1.54, 1.807) is 0 Å². The highest BCUT2D eigenvalue weighted by molar-refractivity contribution is 5.99. The third kappa shape index (κ3) is 1.22. The monoisotopic (exact) mass is 247 g/mol. The van der Waals surface area contributed by atoms with Gasteiger partial charge in [-0.15, -0.1) is 0 Å². The van der Waals surface area contributed by atoms with Crippen molar-refractivity contribution in [2.24, 2.45) is 0 Å². The van der Waals surface area contributed by atoms with Crippen molar-refractivity contribution < 1.29 is 4.79 Å². The van der Waals surface area contributed by atoms with E-state index in [-0.39, 0.29) is 18.1 Å². The van der Waals surface area contributed by atoms with Crippen LogP contribution < -0.4 is 5.32 Å². The smallest absolute Gasteiger partial charge is 0.282 e. The number of carbonyl (C=O) groups excluding carboxylic acids is 1. The summed E-state index contributed by atoms with van der Waals surface area (Å²) in [5, 5.41) is 13.9. The maximum Gasteiger partial charge on any atom is 0.282 e. The molecule has 8 heteroatoms. The molecule has 1 spiro atoms. The summed E-state index contributed by atoms with van der Waals surface area (Å²) in [6, 6.07) is 0.205. The minimum atomic E-state index is -0.821. The van der Waals surface area contributed by atoms with Gasteiger partial charge in [-0.1, -0.05) is 5.10 Å². The molecule has 2 aliphatic rings. The van der Waals surface area contributed by atoms with Gasteiger partial charge in [-0.3, -0.25) is 15.0 Å². The Morgan fingerprint density at radius 3 is 3.00 bits per heavy atom. The lowest BCUT2D eigenvalue weighted by atomic mass is 9.98. The van der Waals surface area contributed by atoms with Crippen molar-refractivity contribution >= 4 is 11.9 Å². The molecule has 94 valence electrons. The molecule has 1 aromatic rings. The Labute approximate surface area is 104 Å². The van der Waals surface area contributed by atoms with Gasteiger partial charge in [0, 0.05) is 12.6 Å². The van der Waals surface area contributed by atoms with E-state index < -0.39 is 5.54 Å². The second-order valence-corrected chi connectivity index (χ2v) is 4.98. The summed E-state index contributed by atoms with van der Waals surface area (Å²) in [6.07, 6.45) is 0.129. The Morgan fingerprint density at radius 2 is 2.39 bits per heavy atom. The number of anilines is 1. The van der Waals surface area contributed by atoms with Gasteiger partial charge in [-0.05, 0) is 24.3 Å². The fourth-order valence-electron chi connectivity index (χ4n) is 2.72. The van der Waals surface area contributed by atoms with Gasteiger partial charge >= 0.3 is 0 Å². The van der Waals surface area contributed by atoms with Crippen LogP contribution in [0.4, 0.5) is 5.95 Å². The van der Waals surface area contributed by atoms with Crippen LogP contribution in [0.1, 0.15) is 20.3 Å². The molecule has 2 unspecified atom stereocenters. The first-order valence-corrected chi connectivity index (χ1v) is 5.81. The number of amides is 1. The van der Waals surface area contributed by atoms with Crippen molar-refractivity contribution in [1.82, 2.24) is 25.1 Å². The number of nitrogens with one attached hydrogen (secondary N) is 1. The zero-order valence-corrected chi connectivity index (χ0v) is 10.2. The number of rotatable bonds is 1. The van der Waals surface area contributed by atoms with Crippen LogP contribution in [0.15, 0.2) is 0 Å². The third-order valence-electron chi connectivity index (χ3n) is 3.68. The highest BCUT2D eigenvalue weighted by Gasteiger charge is 2.59. The van der Waals surface area contributed by atoms with Gasteiger partial charge in [0.15, 0.2) is 5.54 Å². The molecule has 1 amide bonds. The molecule has 0 bridgehead atoms. The van der Waals surface area contributed by atoms with Crippen LogP contribution in [0.25, 0.3) is 4.85 Å². The molecule has 2 atom stereocenters. The SMILES string of the molecule is [C-]#[N+]C1CC2(CN1C(C)C)C(=O)Nc1nnnn12. The molecule has 3 rings (SSSR count). The first-order valence-electron chi connectivity index (χ1n) is 5.81. The van der Waals surface area contributed by atoms with Crippen LogP contribution in [-0.4, -0.2) is 49.8 Å². The molecule has 1 N–H and O–H groups in total. The molecule has 2 aliphatic heterocycles. The van der Waals surface area contributed by atoms with E-state index in [1.165, 1.54) is 4.68 Å². The molecule has 18 heavy (non-hydrogen) atoms. The maximum atomic E-state index is 12.2. The van der Waals surface area contributed by atoms with Crippen molar-refractivity contribution in [3.63, 3.8) is 0 Å². The predicted octanol–water partition coefficient (Wildman–Crippen LogP) is -0.320. The molecule has 0 radical (unpaired) electrons. The topological polar surface area (TPSA) is 80.3 Å². The van der Waals surface area contributed by atoms with Crippen molar-refractivity contribution in [2.45, 2.75) is 38.0 Å². The van der Waals surface area contributed by atoms with Crippen LogP contribution >= 0.6 is 0 Å². The van der Waals surface area contributed by atoms with Crippen LogP contribution in [0.2, 0.25) is 0 Å². The number of aromatic nitrogens is 4. The summed E-state index contributed by atoms with van der Waals surface area (Å²) >= 11 is 0. The standard InChI is InChI=1S/C10H13N7O/c1-6(2)16-5-10(4-7(16)11-3)8(18)12-9-13-14-15-17(9)10/h6-7H,4-5H2,1-2H3,(H,12,13,15,18). The lowest BCUT2D eigenvalue weighted by Crippen LogP contribution is -2.43. The number of fused-ring (bicyclic) bond motifs is 2. The van der Waals surface area contributed by atoms with E-state index >= 15 is 0 Å². The lowest BCUT2D eigenvalue weighted by Gasteiger charge is -2.22. The third-order valence-corrected chi connectivity index (χ3v) is 3.68. The molecule has 1 fully saturated rings. The second kappa shape index (κ2) is 3.49. The Balaban J connectivity index is 2.04. The van der Waals surface area contributed by atoms with E-state index in [4.69, 9.17) is 6.57 Å². The number of tetrazole rings is 1. The molecule has 1 aromatic heterocycles. The minimum absolute atomic E-state index is 0.142. The normalized spacial score (nSPS) is 30.8. The summed E-state index contributed by atoms with van der Waals surface area (Å²) < 4.78 is 1.52. The van der Waals surface area contributed by atoms with E-state index in [9.17, 15) is 4.79 Å². The Hall–Kier alpha value is -2.01. The summed E-state index contributed by atoms with van der Waals surface area (Å²) in [5.74, 6) is 0.228. The molecule has 8 nitrogen and oxygen atoms in total. The second-order valence-electron chi connectivity index (χ2n) is 4.98. The summed E-state index contributed by atoms with van der Waals surface area (Å²) in [6.45, 7) is 11.8. The number of nitrogens with zero attached hydrogens (tertiary/aromatic N) is 6. The summed E-state index contributed by atoms with van der Waals surface area (Å²) in [4.78, 5) is 17.8. The summed E-state index contributed by atoms with van der Waals surface area (Å²) in [5.41, 5.74) is -0.821. The first kappa shape index (κ1) is 11.1. The van der Waals surface area contributed by atoms with Gasteiger partial charge in [0.1, 0.15) is 0 Å². The fourth-order valence-corrected chi connectivity index (χ4v) is 2.72. The average Bonchev–Trinajstić information content (AvgIpc) is 2.97. The first-order chi connectivity index (χ1) is 8.58.